The highest BCUT2D eigenvalue weighted by atomic mass is 32.2. The van der Waals surface area contributed by atoms with Gasteiger partial charge in [0.25, 0.3) is 0 Å². The minimum atomic E-state index is -3.73. The molecule has 108 valence electrons. The number of nitrogens with two attached hydrogens (primary N) is 1. The summed E-state index contributed by atoms with van der Waals surface area (Å²) in [7, 11) is -2.25. The van der Waals surface area contributed by atoms with Crippen LogP contribution in [0.25, 0.3) is 0 Å². The largest absolute Gasteiger partial charge is 0.399 e. The second-order valence-corrected chi connectivity index (χ2v) is 7.96. The quantitative estimate of drug-likeness (QED) is 0.869. The Hall–Kier alpha value is -1.14. The molecule has 19 heavy (non-hydrogen) atoms. The van der Waals surface area contributed by atoms with Crippen molar-refractivity contribution in [3.63, 3.8) is 0 Å². The third kappa shape index (κ3) is 3.67. The fourth-order valence-corrected chi connectivity index (χ4v) is 3.52. The van der Waals surface area contributed by atoms with E-state index >= 15 is 0 Å². The molecule has 6 heteroatoms. The first kappa shape index (κ1) is 15.9. The molecule has 0 unspecified atom stereocenters. The van der Waals surface area contributed by atoms with Crippen LogP contribution in [0.4, 0.5) is 10.1 Å². The number of nitrogens with zero attached hydrogens (tertiary/aromatic N) is 1. The Morgan fingerprint density at radius 2 is 1.84 bits per heavy atom. The lowest BCUT2D eigenvalue weighted by atomic mass is 9.97. The topological polar surface area (TPSA) is 63.4 Å². The fourth-order valence-electron chi connectivity index (χ4n) is 1.86. The summed E-state index contributed by atoms with van der Waals surface area (Å²) < 4.78 is 39.7. The normalized spacial score (nSPS) is 13.0. The molecule has 0 bridgehead atoms. The predicted octanol–water partition coefficient (Wildman–Crippen LogP) is 2.38. The maximum absolute atomic E-state index is 13.6. The summed E-state index contributed by atoms with van der Waals surface area (Å²) in [5, 5.41) is 0. The molecule has 1 aromatic rings. The Kier molecular flexibility index (Phi) is 4.27. The van der Waals surface area contributed by atoms with Gasteiger partial charge in [-0.2, -0.15) is 0 Å². The molecule has 4 nitrogen and oxygen atoms in total. The summed E-state index contributed by atoms with van der Waals surface area (Å²) in [5.74, 6) is -0.609. The second kappa shape index (κ2) is 5.09. The van der Waals surface area contributed by atoms with E-state index in [0.29, 0.717) is 6.54 Å². The third-order valence-corrected chi connectivity index (χ3v) is 4.63. The van der Waals surface area contributed by atoms with Crippen molar-refractivity contribution in [1.29, 1.82) is 0 Å². The van der Waals surface area contributed by atoms with Crippen LogP contribution in [0.2, 0.25) is 0 Å². The van der Waals surface area contributed by atoms with Crippen molar-refractivity contribution in [2.45, 2.75) is 32.6 Å². The minimum absolute atomic E-state index is 0.0725. The number of anilines is 1. The maximum atomic E-state index is 13.6. The van der Waals surface area contributed by atoms with Gasteiger partial charge in [0, 0.05) is 24.8 Å². The third-order valence-electron chi connectivity index (χ3n) is 2.70. The van der Waals surface area contributed by atoms with Crippen molar-refractivity contribution in [3.05, 3.63) is 23.5 Å². The van der Waals surface area contributed by atoms with E-state index in [1.54, 1.807) is 0 Å². The lowest BCUT2D eigenvalue weighted by molar-refractivity contribution is 0.310. The molecule has 1 aromatic carbocycles. The molecule has 0 saturated heterocycles. The van der Waals surface area contributed by atoms with Gasteiger partial charge in [0.05, 0.1) is 4.90 Å². The number of nitrogen functional groups attached to an aromatic ring is 1. The smallest absolute Gasteiger partial charge is 0.243 e. The van der Waals surface area contributed by atoms with Crippen molar-refractivity contribution in [2.24, 2.45) is 5.41 Å². The van der Waals surface area contributed by atoms with Crippen LogP contribution in [-0.2, 0) is 10.0 Å². The van der Waals surface area contributed by atoms with Gasteiger partial charge in [-0.05, 0) is 24.5 Å². The highest BCUT2D eigenvalue weighted by molar-refractivity contribution is 7.89. The molecular weight excluding hydrogens is 267 g/mol. The van der Waals surface area contributed by atoms with Crippen molar-refractivity contribution in [2.75, 3.05) is 19.3 Å². The van der Waals surface area contributed by atoms with Crippen LogP contribution >= 0.6 is 0 Å². The predicted molar refractivity (Wildman–Crippen MR) is 74.8 cm³/mol. The average Bonchev–Trinajstić information content (AvgIpc) is 2.20. The van der Waals surface area contributed by atoms with E-state index in [-0.39, 0.29) is 21.6 Å². The molecule has 0 aliphatic carbocycles. The highest BCUT2D eigenvalue weighted by Crippen LogP contribution is 2.26. The van der Waals surface area contributed by atoms with E-state index in [1.807, 2.05) is 20.8 Å². The first-order valence-electron chi connectivity index (χ1n) is 5.97. The van der Waals surface area contributed by atoms with Crippen LogP contribution in [-0.4, -0.2) is 26.3 Å². The Bertz CT molecular complexity index is 577. The van der Waals surface area contributed by atoms with Crippen molar-refractivity contribution < 1.29 is 12.8 Å². The van der Waals surface area contributed by atoms with Crippen LogP contribution in [0.1, 0.15) is 26.3 Å². The fraction of sp³-hybridized carbons (Fsp3) is 0.538. The number of halogens is 1. The van der Waals surface area contributed by atoms with E-state index in [2.05, 4.69) is 0 Å². The van der Waals surface area contributed by atoms with Gasteiger partial charge in [0.1, 0.15) is 5.82 Å². The Morgan fingerprint density at radius 1 is 1.32 bits per heavy atom. The molecular formula is C13H21FN2O2S. The summed E-state index contributed by atoms with van der Waals surface area (Å²) in [4.78, 5) is -0.0725. The zero-order valence-electron chi connectivity index (χ0n) is 12.0. The molecule has 0 aliphatic rings. The van der Waals surface area contributed by atoms with Gasteiger partial charge in [0.15, 0.2) is 0 Å². The monoisotopic (exact) mass is 288 g/mol. The van der Waals surface area contributed by atoms with Gasteiger partial charge >= 0.3 is 0 Å². The van der Waals surface area contributed by atoms with E-state index in [0.717, 1.165) is 6.07 Å². The van der Waals surface area contributed by atoms with Gasteiger partial charge in [-0.1, -0.05) is 20.8 Å². The lowest BCUT2D eigenvalue weighted by Gasteiger charge is -2.26. The van der Waals surface area contributed by atoms with Crippen molar-refractivity contribution in [3.8, 4) is 0 Å². The van der Waals surface area contributed by atoms with Crippen LogP contribution in [0.3, 0.4) is 0 Å². The number of rotatable bonds is 3. The second-order valence-electron chi connectivity index (χ2n) is 5.95. The standard InChI is InChI=1S/C13H21FN2O2S/c1-9-11(14)6-10(15)7-12(9)19(17,18)16(5)8-13(2,3)4/h6-7H,8,15H2,1-5H3. The van der Waals surface area contributed by atoms with Gasteiger partial charge in [-0.3, -0.25) is 0 Å². The zero-order valence-corrected chi connectivity index (χ0v) is 12.8. The molecule has 0 aliphatic heterocycles. The summed E-state index contributed by atoms with van der Waals surface area (Å²) in [6, 6.07) is 2.42. The van der Waals surface area contributed by atoms with Crippen LogP contribution in [0.15, 0.2) is 17.0 Å². The molecule has 0 fully saturated rings. The first-order valence-corrected chi connectivity index (χ1v) is 7.41. The van der Waals surface area contributed by atoms with E-state index in [9.17, 15) is 12.8 Å². The number of hydrogen-bond acceptors (Lipinski definition) is 3. The molecule has 0 spiro atoms. The molecule has 2 N–H and O–H groups in total. The molecule has 0 heterocycles. The molecule has 0 aromatic heterocycles. The zero-order chi connectivity index (χ0) is 15.0. The lowest BCUT2D eigenvalue weighted by Crippen LogP contribution is -2.35. The number of sulfonamides is 1. The minimum Gasteiger partial charge on any atom is -0.399 e. The maximum Gasteiger partial charge on any atom is 0.243 e. The SMILES string of the molecule is Cc1c(F)cc(N)cc1S(=O)(=O)N(C)CC(C)(C)C. The Morgan fingerprint density at radius 3 is 2.32 bits per heavy atom. The summed E-state index contributed by atoms with van der Waals surface area (Å²) in [6.07, 6.45) is 0. The highest BCUT2D eigenvalue weighted by Gasteiger charge is 2.27. The Balaban J connectivity index is 3.28. The van der Waals surface area contributed by atoms with Crippen LogP contribution in [0, 0.1) is 18.2 Å². The van der Waals surface area contributed by atoms with E-state index < -0.39 is 15.8 Å². The van der Waals surface area contributed by atoms with E-state index in [4.69, 9.17) is 5.73 Å². The Labute approximate surface area is 114 Å². The summed E-state index contributed by atoms with van der Waals surface area (Å²) in [5.41, 5.74) is 5.54. The molecule has 0 amide bonds. The van der Waals surface area contributed by atoms with Crippen LogP contribution in [0.5, 0.6) is 0 Å². The average molecular weight is 288 g/mol. The first-order chi connectivity index (χ1) is 8.45. The van der Waals surface area contributed by atoms with Crippen LogP contribution < -0.4 is 5.73 Å². The molecule has 0 radical (unpaired) electrons. The number of hydrogen-bond donors (Lipinski definition) is 1. The van der Waals surface area contributed by atoms with Crippen molar-refractivity contribution in [1.82, 2.24) is 4.31 Å². The van der Waals surface area contributed by atoms with Gasteiger partial charge < -0.3 is 5.73 Å². The van der Waals surface area contributed by atoms with Gasteiger partial charge in [0.2, 0.25) is 10.0 Å². The van der Waals surface area contributed by atoms with E-state index in [1.165, 1.54) is 24.3 Å². The molecule has 1 rings (SSSR count). The van der Waals surface area contributed by atoms with Gasteiger partial charge in [-0.25, -0.2) is 17.1 Å². The summed E-state index contributed by atoms with van der Waals surface area (Å²) in [6.45, 7) is 7.58. The van der Waals surface area contributed by atoms with Crippen molar-refractivity contribution >= 4 is 15.7 Å². The summed E-state index contributed by atoms with van der Waals surface area (Å²) >= 11 is 0. The number of benzene rings is 1. The molecule has 0 saturated carbocycles. The van der Waals surface area contributed by atoms with Gasteiger partial charge in [-0.15, -0.1) is 0 Å². The molecule has 0 atom stereocenters.